The van der Waals surface area contributed by atoms with Crippen LogP contribution in [-0.2, 0) is 4.74 Å². The number of anilines is 1. The molecule has 0 spiro atoms. The third-order valence-electron chi connectivity index (χ3n) is 2.73. The molecule has 88 valence electrons. The minimum atomic E-state index is 0.214. The van der Waals surface area contributed by atoms with Crippen LogP contribution >= 0.6 is 23.2 Å². The van der Waals surface area contributed by atoms with Gasteiger partial charge in [0.05, 0.1) is 29.3 Å². The number of halogens is 2. The molecule has 1 aromatic rings. The lowest BCUT2D eigenvalue weighted by Crippen LogP contribution is -2.49. The van der Waals surface area contributed by atoms with Gasteiger partial charge in [-0.2, -0.15) is 0 Å². The zero-order valence-corrected chi connectivity index (χ0v) is 10.3. The summed E-state index contributed by atoms with van der Waals surface area (Å²) in [6, 6.07) is 5.86. The summed E-state index contributed by atoms with van der Waals surface area (Å²) in [7, 11) is 0. The summed E-state index contributed by atoms with van der Waals surface area (Å²) in [5, 5.41) is 1.14. The molecule has 0 amide bonds. The Hall–Kier alpha value is -0.480. The molecule has 1 aliphatic rings. The van der Waals surface area contributed by atoms with Crippen molar-refractivity contribution in [2.45, 2.75) is 6.04 Å². The third kappa shape index (κ3) is 2.43. The number of hydrogen-bond acceptors (Lipinski definition) is 3. The molecule has 0 saturated carbocycles. The predicted molar refractivity (Wildman–Crippen MR) is 67.5 cm³/mol. The molecule has 0 bridgehead atoms. The second-order valence-electron chi connectivity index (χ2n) is 3.76. The average molecular weight is 261 g/mol. The lowest BCUT2D eigenvalue weighted by molar-refractivity contribution is 0.0963. The van der Waals surface area contributed by atoms with E-state index in [4.69, 9.17) is 33.7 Å². The van der Waals surface area contributed by atoms with Gasteiger partial charge in [0.15, 0.2) is 0 Å². The maximum Gasteiger partial charge on any atom is 0.0683 e. The van der Waals surface area contributed by atoms with Crippen LogP contribution in [0.2, 0.25) is 10.0 Å². The standard InChI is InChI=1S/C11H14Cl2N2O/c12-10-2-1-8(5-11(10)13)15-3-4-16-7-9(15)6-14/h1-2,5,9H,3-4,6-7,14H2. The van der Waals surface area contributed by atoms with E-state index in [1.54, 1.807) is 0 Å². The van der Waals surface area contributed by atoms with E-state index in [0.29, 0.717) is 23.2 Å². The van der Waals surface area contributed by atoms with Crippen LogP contribution < -0.4 is 10.6 Å². The summed E-state index contributed by atoms with van der Waals surface area (Å²) >= 11 is 11.9. The Morgan fingerprint density at radius 1 is 1.38 bits per heavy atom. The fourth-order valence-electron chi connectivity index (χ4n) is 1.85. The van der Waals surface area contributed by atoms with Crippen LogP contribution in [0.25, 0.3) is 0 Å². The number of morpholine rings is 1. The summed E-state index contributed by atoms with van der Waals surface area (Å²) in [4.78, 5) is 2.21. The molecule has 0 aliphatic carbocycles. The fraction of sp³-hybridized carbons (Fsp3) is 0.455. The molecule has 0 aromatic heterocycles. The van der Waals surface area contributed by atoms with Gasteiger partial charge in [-0.25, -0.2) is 0 Å². The molecular formula is C11H14Cl2N2O. The van der Waals surface area contributed by atoms with Gasteiger partial charge in [0.1, 0.15) is 0 Å². The van der Waals surface area contributed by atoms with Gasteiger partial charge in [-0.1, -0.05) is 23.2 Å². The molecule has 2 N–H and O–H groups in total. The monoisotopic (exact) mass is 260 g/mol. The number of ether oxygens (including phenoxy) is 1. The van der Waals surface area contributed by atoms with Crippen molar-refractivity contribution in [3.63, 3.8) is 0 Å². The minimum absolute atomic E-state index is 0.214. The van der Waals surface area contributed by atoms with E-state index in [0.717, 1.165) is 18.8 Å². The zero-order chi connectivity index (χ0) is 11.5. The fourth-order valence-corrected chi connectivity index (χ4v) is 2.15. The quantitative estimate of drug-likeness (QED) is 0.886. The van der Waals surface area contributed by atoms with Crippen molar-refractivity contribution < 1.29 is 4.74 Å². The van der Waals surface area contributed by atoms with Crippen molar-refractivity contribution in [1.29, 1.82) is 0 Å². The van der Waals surface area contributed by atoms with Crippen LogP contribution in [0.1, 0.15) is 0 Å². The third-order valence-corrected chi connectivity index (χ3v) is 3.47. The van der Waals surface area contributed by atoms with Crippen molar-refractivity contribution in [2.24, 2.45) is 5.73 Å². The summed E-state index contributed by atoms with van der Waals surface area (Å²) in [5.41, 5.74) is 6.77. The molecule has 1 atom stereocenters. The van der Waals surface area contributed by atoms with E-state index < -0.39 is 0 Å². The van der Waals surface area contributed by atoms with Gasteiger partial charge >= 0.3 is 0 Å². The number of rotatable bonds is 2. The number of hydrogen-bond donors (Lipinski definition) is 1. The first-order chi connectivity index (χ1) is 7.72. The summed E-state index contributed by atoms with van der Waals surface area (Å²) in [6.45, 7) is 2.79. The van der Waals surface area contributed by atoms with Gasteiger partial charge in [-0.05, 0) is 18.2 Å². The Bertz CT molecular complexity index is 373. The smallest absolute Gasteiger partial charge is 0.0683 e. The molecule has 1 fully saturated rings. The molecular weight excluding hydrogens is 247 g/mol. The predicted octanol–water partition coefficient (Wildman–Crippen LogP) is 2.16. The first-order valence-electron chi connectivity index (χ1n) is 5.22. The van der Waals surface area contributed by atoms with Gasteiger partial charge < -0.3 is 15.4 Å². The second kappa shape index (κ2) is 5.23. The molecule has 1 heterocycles. The Morgan fingerprint density at radius 3 is 2.88 bits per heavy atom. The van der Waals surface area contributed by atoms with Crippen LogP contribution in [0, 0.1) is 0 Å². The van der Waals surface area contributed by atoms with Gasteiger partial charge in [-0.3, -0.25) is 0 Å². The molecule has 5 heteroatoms. The molecule has 1 aliphatic heterocycles. The van der Waals surface area contributed by atoms with Crippen molar-refractivity contribution in [3.8, 4) is 0 Å². The van der Waals surface area contributed by atoms with Crippen LogP contribution in [0.5, 0.6) is 0 Å². The van der Waals surface area contributed by atoms with Crippen molar-refractivity contribution in [3.05, 3.63) is 28.2 Å². The first kappa shape index (κ1) is 12.0. The largest absolute Gasteiger partial charge is 0.377 e. The maximum absolute atomic E-state index is 6.00. The highest BCUT2D eigenvalue weighted by Crippen LogP contribution is 2.28. The highest BCUT2D eigenvalue weighted by Gasteiger charge is 2.22. The lowest BCUT2D eigenvalue weighted by Gasteiger charge is -2.36. The minimum Gasteiger partial charge on any atom is -0.377 e. The lowest BCUT2D eigenvalue weighted by atomic mass is 10.2. The highest BCUT2D eigenvalue weighted by atomic mass is 35.5. The molecule has 2 rings (SSSR count). The van der Waals surface area contributed by atoms with Crippen LogP contribution in [-0.4, -0.2) is 32.3 Å². The van der Waals surface area contributed by atoms with Gasteiger partial charge in [0.25, 0.3) is 0 Å². The van der Waals surface area contributed by atoms with Gasteiger partial charge in [0.2, 0.25) is 0 Å². The van der Waals surface area contributed by atoms with Gasteiger partial charge in [0, 0.05) is 18.8 Å². The SMILES string of the molecule is NCC1COCCN1c1ccc(Cl)c(Cl)c1. The van der Waals surface area contributed by atoms with Crippen LogP contribution in [0.4, 0.5) is 5.69 Å². The van der Waals surface area contributed by atoms with Crippen molar-refractivity contribution >= 4 is 28.9 Å². The van der Waals surface area contributed by atoms with E-state index in [1.807, 2.05) is 18.2 Å². The summed E-state index contributed by atoms with van der Waals surface area (Å²) in [5.74, 6) is 0. The Balaban J connectivity index is 2.23. The maximum atomic E-state index is 6.00. The van der Waals surface area contributed by atoms with Crippen LogP contribution in [0.3, 0.4) is 0 Å². The molecule has 3 nitrogen and oxygen atoms in total. The molecule has 1 unspecified atom stereocenters. The van der Waals surface area contributed by atoms with E-state index in [9.17, 15) is 0 Å². The number of nitrogens with two attached hydrogens (primary N) is 1. The average Bonchev–Trinajstić information content (AvgIpc) is 2.32. The van der Waals surface area contributed by atoms with Crippen LogP contribution in [0.15, 0.2) is 18.2 Å². The normalized spacial score (nSPS) is 21.2. The Labute approximate surface area is 105 Å². The Morgan fingerprint density at radius 2 is 2.19 bits per heavy atom. The summed E-state index contributed by atoms with van der Waals surface area (Å²) in [6.07, 6.45) is 0. The molecule has 1 aromatic carbocycles. The highest BCUT2D eigenvalue weighted by molar-refractivity contribution is 6.42. The van der Waals surface area contributed by atoms with Crippen molar-refractivity contribution in [1.82, 2.24) is 0 Å². The first-order valence-corrected chi connectivity index (χ1v) is 5.97. The van der Waals surface area contributed by atoms with E-state index in [2.05, 4.69) is 4.90 Å². The number of nitrogens with zero attached hydrogens (tertiary/aromatic N) is 1. The molecule has 16 heavy (non-hydrogen) atoms. The van der Waals surface area contributed by atoms with Crippen molar-refractivity contribution in [2.75, 3.05) is 31.2 Å². The molecule has 1 saturated heterocycles. The van der Waals surface area contributed by atoms with E-state index in [-0.39, 0.29) is 6.04 Å². The summed E-state index contributed by atoms with van der Waals surface area (Å²) < 4.78 is 5.40. The van der Waals surface area contributed by atoms with E-state index in [1.165, 1.54) is 0 Å². The number of benzene rings is 1. The topological polar surface area (TPSA) is 38.5 Å². The van der Waals surface area contributed by atoms with E-state index >= 15 is 0 Å². The second-order valence-corrected chi connectivity index (χ2v) is 4.57. The molecule has 0 radical (unpaired) electrons. The Kier molecular flexibility index (Phi) is 3.92. The zero-order valence-electron chi connectivity index (χ0n) is 8.83. The van der Waals surface area contributed by atoms with Gasteiger partial charge in [-0.15, -0.1) is 0 Å².